The third-order valence-electron chi connectivity index (χ3n) is 4.13. The SMILES string of the molecule is OC1(c2ccncc2)Cc2ccccc2Oc2ccccc21. The largest absolute Gasteiger partial charge is 0.457 e. The Morgan fingerprint density at radius 1 is 0.864 bits per heavy atom. The Bertz CT molecular complexity index is 816. The van der Waals surface area contributed by atoms with Crippen molar-refractivity contribution in [1.82, 2.24) is 4.98 Å². The quantitative estimate of drug-likeness (QED) is 0.743. The van der Waals surface area contributed by atoms with Gasteiger partial charge in [0.1, 0.15) is 17.1 Å². The molecule has 0 radical (unpaired) electrons. The summed E-state index contributed by atoms with van der Waals surface area (Å²) in [7, 11) is 0. The predicted octanol–water partition coefficient (Wildman–Crippen LogP) is 3.67. The molecule has 1 aliphatic rings. The molecular weight excluding hydrogens is 274 g/mol. The number of hydrogen-bond donors (Lipinski definition) is 1. The molecule has 3 nitrogen and oxygen atoms in total. The molecule has 1 atom stereocenters. The summed E-state index contributed by atoms with van der Waals surface area (Å²) in [6.45, 7) is 0. The maximum absolute atomic E-state index is 11.5. The Hall–Kier alpha value is -2.65. The van der Waals surface area contributed by atoms with Gasteiger partial charge in [-0.05, 0) is 35.4 Å². The molecule has 2 heterocycles. The van der Waals surface area contributed by atoms with Crippen molar-refractivity contribution in [2.75, 3.05) is 0 Å². The molecule has 1 N–H and O–H groups in total. The van der Waals surface area contributed by atoms with Gasteiger partial charge in [-0.1, -0.05) is 36.4 Å². The van der Waals surface area contributed by atoms with Crippen molar-refractivity contribution < 1.29 is 9.84 Å². The van der Waals surface area contributed by atoms with Gasteiger partial charge in [0, 0.05) is 24.4 Å². The van der Waals surface area contributed by atoms with Crippen LogP contribution in [0.25, 0.3) is 0 Å². The molecule has 0 amide bonds. The van der Waals surface area contributed by atoms with Crippen LogP contribution in [0.2, 0.25) is 0 Å². The first-order valence-corrected chi connectivity index (χ1v) is 7.25. The van der Waals surface area contributed by atoms with Crippen molar-refractivity contribution in [3.8, 4) is 11.5 Å². The number of hydrogen-bond acceptors (Lipinski definition) is 3. The van der Waals surface area contributed by atoms with Crippen molar-refractivity contribution in [2.45, 2.75) is 12.0 Å². The van der Waals surface area contributed by atoms with Gasteiger partial charge in [-0.25, -0.2) is 0 Å². The Morgan fingerprint density at radius 3 is 2.36 bits per heavy atom. The fourth-order valence-corrected chi connectivity index (χ4v) is 3.02. The maximum Gasteiger partial charge on any atom is 0.133 e. The lowest BCUT2D eigenvalue weighted by atomic mass is 9.82. The smallest absolute Gasteiger partial charge is 0.133 e. The first kappa shape index (κ1) is 13.0. The number of fused-ring (bicyclic) bond motifs is 2. The summed E-state index contributed by atoms with van der Waals surface area (Å²) in [5.74, 6) is 1.48. The molecule has 1 aliphatic heterocycles. The van der Waals surface area contributed by atoms with Crippen LogP contribution in [-0.4, -0.2) is 10.1 Å². The molecule has 3 heteroatoms. The zero-order valence-corrected chi connectivity index (χ0v) is 11.9. The van der Waals surface area contributed by atoms with Gasteiger partial charge in [-0.2, -0.15) is 0 Å². The molecule has 3 aromatic rings. The van der Waals surface area contributed by atoms with E-state index in [1.54, 1.807) is 12.4 Å². The summed E-state index contributed by atoms with van der Waals surface area (Å²) in [6.07, 6.45) is 3.87. The summed E-state index contributed by atoms with van der Waals surface area (Å²) in [5, 5.41) is 11.5. The van der Waals surface area contributed by atoms with E-state index in [0.29, 0.717) is 12.2 Å². The van der Waals surface area contributed by atoms with E-state index in [2.05, 4.69) is 4.98 Å². The first-order chi connectivity index (χ1) is 10.8. The van der Waals surface area contributed by atoms with E-state index >= 15 is 0 Å². The maximum atomic E-state index is 11.5. The third-order valence-corrected chi connectivity index (χ3v) is 4.13. The highest BCUT2D eigenvalue weighted by Crippen LogP contribution is 2.44. The number of aromatic nitrogens is 1. The molecule has 108 valence electrons. The molecule has 0 bridgehead atoms. The standard InChI is InChI=1S/C19H15NO2/c21-19(15-9-11-20-12-10-15)13-14-5-1-3-7-17(14)22-18-8-4-2-6-16(18)19/h1-12,21H,13H2. The van der Waals surface area contributed by atoms with Gasteiger partial charge in [0.2, 0.25) is 0 Å². The van der Waals surface area contributed by atoms with Gasteiger partial charge in [-0.15, -0.1) is 0 Å². The molecule has 0 saturated carbocycles. The molecule has 0 spiro atoms. The Morgan fingerprint density at radius 2 is 1.55 bits per heavy atom. The molecule has 0 fully saturated rings. The number of rotatable bonds is 1. The van der Waals surface area contributed by atoms with Gasteiger partial charge in [0.05, 0.1) is 0 Å². The number of ether oxygens (including phenoxy) is 1. The van der Waals surface area contributed by atoms with E-state index in [4.69, 9.17) is 4.74 Å². The van der Waals surface area contributed by atoms with E-state index in [1.165, 1.54) is 0 Å². The number of aliphatic hydroxyl groups is 1. The summed E-state index contributed by atoms with van der Waals surface area (Å²) < 4.78 is 6.04. The Labute approximate surface area is 128 Å². The van der Waals surface area contributed by atoms with Crippen LogP contribution in [0.15, 0.2) is 73.1 Å². The van der Waals surface area contributed by atoms with Crippen molar-refractivity contribution >= 4 is 0 Å². The molecule has 0 aliphatic carbocycles. The highest BCUT2D eigenvalue weighted by atomic mass is 16.5. The van der Waals surface area contributed by atoms with Gasteiger partial charge in [0.25, 0.3) is 0 Å². The second-order valence-electron chi connectivity index (χ2n) is 5.48. The van der Waals surface area contributed by atoms with Crippen LogP contribution in [0, 0.1) is 0 Å². The fraction of sp³-hybridized carbons (Fsp3) is 0.105. The molecule has 0 saturated heterocycles. The van der Waals surface area contributed by atoms with E-state index in [1.807, 2.05) is 60.7 Å². The summed E-state index contributed by atoms with van der Waals surface area (Å²) >= 11 is 0. The molecule has 22 heavy (non-hydrogen) atoms. The number of pyridine rings is 1. The van der Waals surface area contributed by atoms with Crippen LogP contribution < -0.4 is 4.74 Å². The lowest BCUT2D eigenvalue weighted by Gasteiger charge is -2.28. The monoisotopic (exact) mass is 289 g/mol. The summed E-state index contributed by atoms with van der Waals surface area (Å²) in [4.78, 5) is 4.05. The van der Waals surface area contributed by atoms with Crippen molar-refractivity contribution in [3.05, 3.63) is 89.7 Å². The van der Waals surface area contributed by atoms with Crippen molar-refractivity contribution in [2.24, 2.45) is 0 Å². The number of benzene rings is 2. The molecule has 1 aromatic heterocycles. The average Bonchev–Trinajstić information content (AvgIpc) is 2.70. The molecule has 1 unspecified atom stereocenters. The number of para-hydroxylation sites is 2. The van der Waals surface area contributed by atoms with Crippen LogP contribution in [0.3, 0.4) is 0 Å². The first-order valence-electron chi connectivity index (χ1n) is 7.25. The normalized spacial score (nSPS) is 19.5. The molecule has 2 aromatic carbocycles. The lowest BCUT2D eigenvalue weighted by molar-refractivity contribution is 0.0814. The van der Waals surface area contributed by atoms with E-state index in [-0.39, 0.29) is 0 Å². The highest BCUT2D eigenvalue weighted by Gasteiger charge is 2.37. The van der Waals surface area contributed by atoms with E-state index in [0.717, 1.165) is 22.4 Å². The summed E-state index contributed by atoms with van der Waals surface area (Å²) in [5.41, 5.74) is 1.44. The third kappa shape index (κ3) is 1.98. The zero-order chi connectivity index (χ0) is 15.0. The highest BCUT2D eigenvalue weighted by molar-refractivity contribution is 5.52. The predicted molar refractivity (Wildman–Crippen MR) is 83.9 cm³/mol. The molecule has 4 rings (SSSR count). The Balaban J connectivity index is 1.98. The minimum Gasteiger partial charge on any atom is -0.457 e. The van der Waals surface area contributed by atoms with Crippen molar-refractivity contribution in [1.29, 1.82) is 0 Å². The fourth-order valence-electron chi connectivity index (χ4n) is 3.02. The average molecular weight is 289 g/mol. The molecular formula is C19H15NO2. The topological polar surface area (TPSA) is 42.4 Å². The summed E-state index contributed by atoms with van der Waals surface area (Å²) in [6, 6.07) is 19.2. The van der Waals surface area contributed by atoms with Crippen LogP contribution in [0.4, 0.5) is 0 Å². The van der Waals surface area contributed by atoms with Gasteiger partial charge >= 0.3 is 0 Å². The van der Waals surface area contributed by atoms with Gasteiger partial charge in [0.15, 0.2) is 0 Å². The lowest BCUT2D eigenvalue weighted by Crippen LogP contribution is -2.29. The van der Waals surface area contributed by atoms with E-state index in [9.17, 15) is 5.11 Å². The van der Waals surface area contributed by atoms with Crippen LogP contribution in [0.5, 0.6) is 11.5 Å². The number of nitrogens with zero attached hydrogens (tertiary/aromatic N) is 1. The minimum atomic E-state index is -1.13. The van der Waals surface area contributed by atoms with Gasteiger partial charge in [-0.3, -0.25) is 4.98 Å². The Kier molecular flexibility index (Phi) is 2.94. The van der Waals surface area contributed by atoms with Crippen LogP contribution in [-0.2, 0) is 12.0 Å². The van der Waals surface area contributed by atoms with Crippen molar-refractivity contribution in [3.63, 3.8) is 0 Å². The second kappa shape index (κ2) is 4.97. The minimum absolute atomic E-state index is 0.462. The van der Waals surface area contributed by atoms with Gasteiger partial charge < -0.3 is 9.84 Å². The van der Waals surface area contributed by atoms with E-state index < -0.39 is 5.60 Å². The van der Waals surface area contributed by atoms with Crippen LogP contribution in [0.1, 0.15) is 16.7 Å². The second-order valence-corrected chi connectivity index (χ2v) is 5.48. The zero-order valence-electron chi connectivity index (χ0n) is 11.9. The van der Waals surface area contributed by atoms with Crippen LogP contribution >= 0.6 is 0 Å².